The third-order valence-corrected chi connectivity index (χ3v) is 0.933. The topological polar surface area (TPSA) is 26.0 Å². The molecular formula is C5H7BNO. The molecule has 1 heterocycles. The Bertz CT molecular complexity index is 173. The molecule has 0 aliphatic rings. The molecule has 41 valence electrons. The van der Waals surface area contributed by atoms with Crippen LogP contribution in [0, 0.1) is 6.92 Å². The molecule has 2 nitrogen and oxygen atoms in total. The van der Waals surface area contributed by atoms with Gasteiger partial charge in [-0.05, 0) is 0 Å². The smallest absolute Gasteiger partial charge is 0.190 e. The number of aromatic nitrogens is 1. The predicted octanol–water partition coefficient (Wildman–Crippen LogP) is 0.361. The first kappa shape index (κ1) is 5.41. The highest BCUT2D eigenvalue weighted by Crippen LogP contribution is 1.85. The van der Waals surface area contributed by atoms with E-state index in [9.17, 15) is 0 Å². The van der Waals surface area contributed by atoms with Crippen molar-refractivity contribution < 1.29 is 4.42 Å². The summed E-state index contributed by atoms with van der Waals surface area (Å²) >= 11 is 0. The molecule has 1 aromatic rings. The molecule has 0 fully saturated rings. The highest BCUT2D eigenvalue weighted by molar-refractivity contribution is 6.50. The molecule has 0 bridgehead atoms. The van der Waals surface area contributed by atoms with Crippen LogP contribution in [-0.2, 0) is 0 Å². The lowest BCUT2D eigenvalue weighted by Crippen LogP contribution is -2.10. The Labute approximate surface area is 49.2 Å². The minimum atomic E-state index is 0.720. The fourth-order valence-electron chi connectivity index (χ4n) is 0.513. The average Bonchev–Trinajstić information content (AvgIpc) is 2.14. The highest BCUT2D eigenvalue weighted by Gasteiger charge is 1.93. The van der Waals surface area contributed by atoms with Gasteiger partial charge >= 0.3 is 0 Å². The molecule has 1 aromatic heterocycles. The third-order valence-electron chi connectivity index (χ3n) is 0.933. The molecule has 0 unspecified atom stereocenters. The van der Waals surface area contributed by atoms with Gasteiger partial charge in [-0.25, -0.2) is 4.98 Å². The van der Waals surface area contributed by atoms with Crippen LogP contribution in [-0.4, -0.2) is 12.3 Å². The summed E-state index contributed by atoms with van der Waals surface area (Å²) in [6.07, 6.45) is 1.63. The molecule has 0 spiro atoms. The second-order valence-corrected chi connectivity index (χ2v) is 1.58. The maximum atomic E-state index is 4.91. The van der Waals surface area contributed by atoms with Gasteiger partial charge in [0.1, 0.15) is 6.26 Å². The molecule has 0 atom stereocenters. The monoisotopic (exact) mass is 108 g/mol. The normalized spacial score (nSPS) is 9.25. The second kappa shape index (κ2) is 2.03. The molecule has 1 rings (SSSR count). The molecule has 0 saturated heterocycles. The number of hydrogen-bond acceptors (Lipinski definition) is 2. The minimum Gasteiger partial charge on any atom is -0.450 e. The van der Waals surface area contributed by atoms with E-state index in [0.29, 0.717) is 0 Å². The lowest BCUT2D eigenvalue weighted by atomic mass is 9.79. The summed E-state index contributed by atoms with van der Waals surface area (Å²) in [6.45, 7) is 3.75. The molecule has 0 aromatic carbocycles. The second-order valence-electron chi connectivity index (χ2n) is 1.58. The summed E-state index contributed by atoms with van der Waals surface area (Å²) < 4.78 is 4.91. The Morgan fingerprint density at radius 3 is 2.75 bits per heavy atom. The van der Waals surface area contributed by atoms with Gasteiger partial charge in [0.15, 0.2) is 13.2 Å². The van der Waals surface area contributed by atoms with E-state index in [4.69, 9.17) is 4.42 Å². The Hall–Kier alpha value is -0.725. The van der Waals surface area contributed by atoms with E-state index in [1.807, 2.05) is 21.0 Å². The molecule has 0 amide bonds. The Balaban J connectivity index is 2.84. The highest BCUT2D eigenvalue weighted by atomic mass is 16.3. The van der Waals surface area contributed by atoms with Gasteiger partial charge in [0.2, 0.25) is 0 Å². The van der Waals surface area contributed by atoms with Crippen molar-refractivity contribution in [2.24, 2.45) is 0 Å². The van der Waals surface area contributed by atoms with E-state index in [1.165, 1.54) is 0 Å². The Morgan fingerprint density at radius 1 is 1.75 bits per heavy atom. The van der Waals surface area contributed by atoms with E-state index in [-0.39, 0.29) is 0 Å². The van der Waals surface area contributed by atoms with Crippen molar-refractivity contribution in [1.82, 2.24) is 4.98 Å². The van der Waals surface area contributed by atoms with Crippen LogP contribution in [0.15, 0.2) is 10.7 Å². The van der Waals surface area contributed by atoms with Crippen molar-refractivity contribution in [2.75, 3.05) is 0 Å². The first-order chi connectivity index (χ1) is 3.83. The van der Waals surface area contributed by atoms with Crippen molar-refractivity contribution in [1.29, 1.82) is 0 Å². The average molecular weight is 108 g/mol. The van der Waals surface area contributed by atoms with Crippen LogP contribution < -0.4 is 5.59 Å². The van der Waals surface area contributed by atoms with E-state index in [0.717, 1.165) is 11.5 Å². The molecule has 3 heteroatoms. The number of nitrogens with zero attached hydrogens (tertiary/aromatic N) is 1. The summed E-state index contributed by atoms with van der Waals surface area (Å²) in [5.41, 5.74) is 0.905. The molecule has 0 aliphatic heterocycles. The maximum absolute atomic E-state index is 4.91. The van der Waals surface area contributed by atoms with Gasteiger partial charge < -0.3 is 4.42 Å². The van der Waals surface area contributed by atoms with Crippen LogP contribution >= 0.6 is 0 Å². The van der Waals surface area contributed by atoms with Gasteiger partial charge in [0.25, 0.3) is 0 Å². The molecule has 0 aliphatic carbocycles. The number of rotatable bonds is 1. The van der Waals surface area contributed by atoms with Gasteiger partial charge in [-0.2, -0.15) is 0 Å². The van der Waals surface area contributed by atoms with Crippen LogP contribution in [0.1, 0.15) is 5.89 Å². The zero-order valence-corrected chi connectivity index (χ0v) is 5.01. The van der Waals surface area contributed by atoms with Gasteiger partial charge in [0.05, 0.1) is 0 Å². The standard InChI is InChI=1S/C5H7BNO/c1-4-7-5(6-2)3-8-4/h3H,1-2H3. The van der Waals surface area contributed by atoms with Crippen LogP contribution in [0.5, 0.6) is 0 Å². The van der Waals surface area contributed by atoms with Crippen molar-refractivity contribution >= 4 is 12.9 Å². The van der Waals surface area contributed by atoms with E-state index in [2.05, 4.69) is 4.98 Å². The summed E-state index contributed by atoms with van der Waals surface area (Å²) in [5, 5.41) is 0. The van der Waals surface area contributed by atoms with Gasteiger partial charge in [-0.3, -0.25) is 0 Å². The first-order valence-corrected chi connectivity index (χ1v) is 2.54. The largest absolute Gasteiger partial charge is 0.450 e. The van der Waals surface area contributed by atoms with Gasteiger partial charge in [0, 0.05) is 12.5 Å². The van der Waals surface area contributed by atoms with E-state index < -0.39 is 0 Å². The van der Waals surface area contributed by atoms with Crippen LogP contribution in [0.25, 0.3) is 0 Å². The Morgan fingerprint density at radius 2 is 2.50 bits per heavy atom. The lowest BCUT2D eigenvalue weighted by molar-refractivity contribution is 0.522. The van der Waals surface area contributed by atoms with Crippen LogP contribution in [0.4, 0.5) is 0 Å². The maximum Gasteiger partial charge on any atom is 0.190 e. The van der Waals surface area contributed by atoms with Crippen molar-refractivity contribution in [3.63, 3.8) is 0 Å². The summed E-state index contributed by atoms with van der Waals surface area (Å²) in [4.78, 5) is 4.01. The zero-order valence-electron chi connectivity index (χ0n) is 5.01. The molecule has 1 radical (unpaired) electrons. The van der Waals surface area contributed by atoms with Crippen molar-refractivity contribution in [3.8, 4) is 0 Å². The van der Waals surface area contributed by atoms with Crippen molar-refractivity contribution in [2.45, 2.75) is 13.7 Å². The van der Waals surface area contributed by atoms with Crippen LogP contribution in [0.2, 0.25) is 6.82 Å². The minimum absolute atomic E-state index is 0.720. The summed E-state index contributed by atoms with van der Waals surface area (Å²) in [6, 6.07) is 0. The summed E-state index contributed by atoms with van der Waals surface area (Å²) in [5.74, 6) is 0.720. The zero-order chi connectivity index (χ0) is 5.98. The molecule has 8 heavy (non-hydrogen) atoms. The first-order valence-electron chi connectivity index (χ1n) is 2.54. The third kappa shape index (κ3) is 0.913. The Kier molecular flexibility index (Phi) is 1.37. The number of hydrogen-bond donors (Lipinski definition) is 0. The number of oxazole rings is 1. The quantitative estimate of drug-likeness (QED) is 0.485. The van der Waals surface area contributed by atoms with Gasteiger partial charge in [-0.1, -0.05) is 6.82 Å². The number of aryl methyl sites for hydroxylation is 1. The van der Waals surface area contributed by atoms with Gasteiger partial charge in [-0.15, -0.1) is 0 Å². The lowest BCUT2D eigenvalue weighted by Gasteiger charge is -1.74. The fourth-order valence-corrected chi connectivity index (χ4v) is 0.513. The van der Waals surface area contributed by atoms with E-state index in [1.54, 1.807) is 6.26 Å². The summed E-state index contributed by atoms with van der Waals surface area (Å²) in [7, 11) is 1.90. The molecule has 0 N–H and O–H groups in total. The fraction of sp³-hybridized carbons (Fsp3) is 0.400. The predicted molar refractivity (Wildman–Crippen MR) is 32.5 cm³/mol. The van der Waals surface area contributed by atoms with Crippen molar-refractivity contribution in [3.05, 3.63) is 12.2 Å². The van der Waals surface area contributed by atoms with E-state index >= 15 is 0 Å². The van der Waals surface area contributed by atoms with Crippen LogP contribution in [0.3, 0.4) is 0 Å². The SMILES string of the molecule is C[B]c1coc(C)n1. The molecule has 0 saturated carbocycles. The molecular weight excluding hydrogens is 101 g/mol.